The van der Waals surface area contributed by atoms with Crippen molar-refractivity contribution >= 4 is 11.8 Å². The van der Waals surface area contributed by atoms with E-state index in [2.05, 4.69) is 15.6 Å². The zero-order chi connectivity index (χ0) is 16.5. The van der Waals surface area contributed by atoms with E-state index in [-0.39, 0.29) is 23.1 Å². The number of imidazole rings is 1. The third-order valence-corrected chi connectivity index (χ3v) is 3.26. The van der Waals surface area contributed by atoms with Crippen LogP contribution in [0.25, 0.3) is 0 Å². The van der Waals surface area contributed by atoms with Crippen molar-refractivity contribution in [1.29, 1.82) is 0 Å². The molecule has 2 rings (SSSR count). The van der Waals surface area contributed by atoms with Gasteiger partial charge in [-0.2, -0.15) is 0 Å². The lowest BCUT2D eigenvalue weighted by Gasteiger charge is -2.08. The highest BCUT2D eigenvalue weighted by Crippen LogP contribution is 2.14. The van der Waals surface area contributed by atoms with Gasteiger partial charge in [-0.05, 0) is 18.6 Å². The maximum atomic E-state index is 11.8. The highest BCUT2D eigenvalue weighted by molar-refractivity contribution is 5.96. The van der Waals surface area contributed by atoms with Gasteiger partial charge in [0.15, 0.2) is 0 Å². The number of aryl methyl sites for hydroxylation is 1. The summed E-state index contributed by atoms with van der Waals surface area (Å²) in [6, 6.07) is 6.32. The average molecular weight is 316 g/mol. The van der Waals surface area contributed by atoms with E-state index in [1.165, 1.54) is 6.07 Å². The SMILES string of the molecule is O=C(CCCn1ccnc1)NCCNC(=O)c1ccccc1O. The van der Waals surface area contributed by atoms with Crippen LogP contribution in [0.4, 0.5) is 0 Å². The maximum Gasteiger partial charge on any atom is 0.255 e. The lowest BCUT2D eigenvalue weighted by atomic mass is 10.2. The van der Waals surface area contributed by atoms with E-state index < -0.39 is 0 Å². The van der Waals surface area contributed by atoms with Crippen LogP contribution in [0.2, 0.25) is 0 Å². The number of aromatic nitrogens is 2. The lowest BCUT2D eigenvalue weighted by molar-refractivity contribution is -0.121. The number of phenolic OH excluding ortho intramolecular Hbond substituents is 1. The fourth-order valence-electron chi connectivity index (χ4n) is 2.07. The third kappa shape index (κ3) is 5.46. The molecule has 0 saturated carbocycles. The van der Waals surface area contributed by atoms with Crippen LogP contribution >= 0.6 is 0 Å². The van der Waals surface area contributed by atoms with Crippen LogP contribution in [-0.2, 0) is 11.3 Å². The van der Waals surface area contributed by atoms with E-state index in [1.807, 2.05) is 10.8 Å². The number of carbonyl (C=O) groups excluding carboxylic acids is 2. The van der Waals surface area contributed by atoms with Gasteiger partial charge in [-0.25, -0.2) is 4.98 Å². The maximum absolute atomic E-state index is 11.8. The summed E-state index contributed by atoms with van der Waals surface area (Å²) in [5.41, 5.74) is 0.221. The zero-order valence-electron chi connectivity index (χ0n) is 12.7. The van der Waals surface area contributed by atoms with Crippen LogP contribution in [0.3, 0.4) is 0 Å². The molecule has 0 aliphatic rings. The molecule has 0 saturated heterocycles. The Morgan fingerprint density at radius 1 is 1.17 bits per heavy atom. The quantitative estimate of drug-likeness (QED) is 0.631. The van der Waals surface area contributed by atoms with Crippen LogP contribution in [-0.4, -0.2) is 39.6 Å². The van der Waals surface area contributed by atoms with E-state index in [4.69, 9.17) is 0 Å². The van der Waals surface area contributed by atoms with Crippen molar-refractivity contribution in [2.24, 2.45) is 0 Å². The number of phenols is 1. The monoisotopic (exact) mass is 316 g/mol. The predicted octanol–water partition coefficient (Wildman–Crippen LogP) is 0.915. The number of hydrogen-bond donors (Lipinski definition) is 3. The first kappa shape index (κ1) is 16.5. The Kier molecular flexibility index (Phi) is 6.17. The van der Waals surface area contributed by atoms with Gasteiger partial charge in [-0.3, -0.25) is 9.59 Å². The van der Waals surface area contributed by atoms with Crippen molar-refractivity contribution in [3.05, 3.63) is 48.5 Å². The predicted molar refractivity (Wildman–Crippen MR) is 84.9 cm³/mol. The molecule has 2 amide bonds. The fourth-order valence-corrected chi connectivity index (χ4v) is 2.07. The normalized spacial score (nSPS) is 10.3. The van der Waals surface area contributed by atoms with E-state index in [0.717, 1.165) is 13.0 Å². The standard InChI is InChI=1S/C16H20N4O3/c21-14-5-2-1-4-13(14)16(23)19-8-7-18-15(22)6-3-10-20-11-9-17-12-20/h1-2,4-5,9,11-12,21H,3,6-8,10H2,(H,18,22)(H,19,23). The Hall–Kier alpha value is -2.83. The number of rotatable bonds is 8. The number of hydrogen-bond acceptors (Lipinski definition) is 4. The number of benzene rings is 1. The summed E-state index contributed by atoms with van der Waals surface area (Å²) < 4.78 is 1.92. The summed E-state index contributed by atoms with van der Waals surface area (Å²) >= 11 is 0. The van der Waals surface area contributed by atoms with Crippen LogP contribution in [0.1, 0.15) is 23.2 Å². The minimum atomic E-state index is -0.363. The Bertz CT molecular complexity index is 641. The summed E-state index contributed by atoms with van der Waals surface area (Å²) in [4.78, 5) is 27.4. The summed E-state index contributed by atoms with van der Waals surface area (Å²) in [6.07, 6.45) is 6.42. The molecule has 7 heteroatoms. The number of carbonyl (C=O) groups is 2. The molecular formula is C16H20N4O3. The van der Waals surface area contributed by atoms with Crippen LogP contribution < -0.4 is 10.6 Å². The van der Waals surface area contributed by atoms with Gasteiger partial charge in [0.2, 0.25) is 5.91 Å². The summed E-state index contributed by atoms with van der Waals surface area (Å²) in [5.74, 6) is -0.479. The molecule has 0 aliphatic heterocycles. The van der Waals surface area contributed by atoms with Crippen molar-refractivity contribution in [3.8, 4) is 5.75 Å². The van der Waals surface area contributed by atoms with Crippen LogP contribution in [0.5, 0.6) is 5.75 Å². The first-order chi connectivity index (χ1) is 11.2. The molecule has 1 aromatic heterocycles. The van der Waals surface area contributed by atoms with Gasteiger partial charge in [0.1, 0.15) is 5.75 Å². The van der Waals surface area contributed by atoms with E-state index in [0.29, 0.717) is 19.5 Å². The first-order valence-corrected chi connectivity index (χ1v) is 7.45. The fraction of sp³-hybridized carbons (Fsp3) is 0.312. The van der Waals surface area contributed by atoms with Gasteiger partial charge < -0.3 is 20.3 Å². The molecule has 122 valence electrons. The van der Waals surface area contributed by atoms with Crippen molar-refractivity contribution in [2.45, 2.75) is 19.4 Å². The second-order valence-corrected chi connectivity index (χ2v) is 5.03. The molecule has 0 spiro atoms. The molecule has 0 atom stereocenters. The van der Waals surface area contributed by atoms with Gasteiger partial charge in [0.05, 0.1) is 11.9 Å². The van der Waals surface area contributed by atoms with Crippen molar-refractivity contribution in [3.63, 3.8) is 0 Å². The van der Waals surface area contributed by atoms with Gasteiger partial charge in [-0.1, -0.05) is 12.1 Å². The van der Waals surface area contributed by atoms with E-state index in [9.17, 15) is 14.7 Å². The minimum absolute atomic E-state index is 0.0538. The Morgan fingerprint density at radius 2 is 1.96 bits per heavy atom. The largest absolute Gasteiger partial charge is 0.507 e. The zero-order valence-corrected chi connectivity index (χ0v) is 12.7. The molecule has 0 aliphatic carbocycles. The topological polar surface area (TPSA) is 96.3 Å². The molecular weight excluding hydrogens is 296 g/mol. The summed E-state index contributed by atoms with van der Waals surface area (Å²) in [5, 5.41) is 15.0. The molecule has 1 aromatic carbocycles. The van der Waals surface area contributed by atoms with E-state index in [1.54, 1.807) is 30.7 Å². The van der Waals surface area contributed by atoms with Gasteiger partial charge in [0.25, 0.3) is 5.91 Å². The number of nitrogens with one attached hydrogen (secondary N) is 2. The molecule has 0 bridgehead atoms. The Morgan fingerprint density at radius 3 is 2.70 bits per heavy atom. The van der Waals surface area contributed by atoms with Crippen molar-refractivity contribution in [2.75, 3.05) is 13.1 Å². The number of aromatic hydroxyl groups is 1. The van der Waals surface area contributed by atoms with E-state index >= 15 is 0 Å². The lowest BCUT2D eigenvalue weighted by Crippen LogP contribution is -2.34. The second-order valence-electron chi connectivity index (χ2n) is 5.03. The average Bonchev–Trinajstić information content (AvgIpc) is 3.05. The number of nitrogens with zero attached hydrogens (tertiary/aromatic N) is 2. The minimum Gasteiger partial charge on any atom is -0.507 e. The molecule has 0 radical (unpaired) electrons. The Balaban J connectivity index is 1.58. The number of para-hydroxylation sites is 1. The van der Waals surface area contributed by atoms with Crippen LogP contribution in [0.15, 0.2) is 43.0 Å². The van der Waals surface area contributed by atoms with Gasteiger partial charge in [-0.15, -0.1) is 0 Å². The molecule has 0 fully saturated rings. The molecule has 0 unspecified atom stereocenters. The third-order valence-electron chi connectivity index (χ3n) is 3.26. The van der Waals surface area contributed by atoms with Gasteiger partial charge in [0, 0.05) is 38.4 Å². The molecule has 7 nitrogen and oxygen atoms in total. The van der Waals surface area contributed by atoms with Crippen LogP contribution in [0, 0.1) is 0 Å². The van der Waals surface area contributed by atoms with Crippen molar-refractivity contribution in [1.82, 2.24) is 20.2 Å². The summed E-state index contributed by atoms with van der Waals surface area (Å²) in [7, 11) is 0. The van der Waals surface area contributed by atoms with Crippen molar-refractivity contribution < 1.29 is 14.7 Å². The second kappa shape index (κ2) is 8.57. The molecule has 1 heterocycles. The highest BCUT2D eigenvalue weighted by atomic mass is 16.3. The smallest absolute Gasteiger partial charge is 0.255 e. The van der Waals surface area contributed by atoms with Gasteiger partial charge >= 0.3 is 0 Å². The molecule has 23 heavy (non-hydrogen) atoms. The molecule has 2 aromatic rings. The number of amides is 2. The summed E-state index contributed by atoms with van der Waals surface area (Å²) in [6.45, 7) is 1.40. The Labute approximate surface area is 134 Å². The first-order valence-electron chi connectivity index (χ1n) is 7.45. The highest BCUT2D eigenvalue weighted by Gasteiger charge is 2.09. The molecule has 3 N–H and O–H groups in total.